The molecule has 5 aromatic rings. The van der Waals surface area contributed by atoms with Crippen molar-refractivity contribution in [3.8, 4) is 11.3 Å². The second-order valence-electron chi connectivity index (χ2n) is 33.2. The third-order valence-corrected chi connectivity index (χ3v) is 23.9. The lowest BCUT2D eigenvalue weighted by Gasteiger charge is -2.43. The highest BCUT2D eigenvalue weighted by atomic mass is 16.6. The van der Waals surface area contributed by atoms with Crippen LogP contribution in [-0.2, 0) is 104 Å². The highest BCUT2D eigenvalue weighted by Crippen LogP contribution is 2.41. The van der Waals surface area contributed by atoms with Crippen LogP contribution >= 0.6 is 0 Å². The van der Waals surface area contributed by atoms with Crippen molar-refractivity contribution in [1.29, 1.82) is 0 Å². The molecule has 7 heterocycles. The van der Waals surface area contributed by atoms with Crippen LogP contribution in [0.4, 0.5) is 11.8 Å². The SMILES string of the molecule is CO[C@H]1C[C@@H]2CC[C@@H](C)[C@@](O)(O2)C(=O)C(=O)N2CCCC[C@H]2C(=O)O[C@H]([C@H](C)C[C@@H]2CC[C@H](n3cc(COC(=O)CCCOCCOCCOCCC(=O)NCCOCCOCCC(=O)NCCCCn4nc(-c5ccc6oc(N)nc6c5)c5c(N)ncnc54)nn3)[C@H](OC)C2)C[C@@H](OC)[C@H](C)/C=C(\C)[C@@H](O)[C@@H](OC)C(=O)[C@H](C)C[C@H](C)/C=C/C=C/C=C/1C. The van der Waals surface area contributed by atoms with Crippen molar-refractivity contribution in [2.45, 2.75) is 238 Å². The quantitative estimate of drug-likeness (QED) is 0.00931. The lowest BCUT2D eigenvalue weighted by molar-refractivity contribution is -0.265. The fraction of sp³-hybridized carbons (Fsp3) is 0.674. The monoisotopic (exact) mass is 1740 g/mol. The number of ether oxygens (including phenoxy) is 12. The molecule has 35 heteroatoms. The number of ketones is 2. The van der Waals surface area contributed by atoms with Gasteiger partial charge >= 0.3 is 11.9 Å². The third-order valence-electron chi connectivity index (χ3n) is 23.9. The Morgan fingerprint density at radius 2 is 1.44 bits per heavy atom. The normalized spacial score (nSPS) is 27.3. The first kappa shape index (κ1) is 98.9. The van der Waals surface area contributed by atoms with E-state index in [2.05, 4.69) is 35.9 Å². The number of nitrogens with two attached hydrogens (primary N) is 2. The number of unbranched alkanes of at least 4 members (excludes halogenated alkanes) is 1. The van der Waals surface area contributed by atoms with Crippen molar-refractivity contribution in [2.75, 3.05) is 126 Å². The molecule has 124 heavy (non-hydrogen) atoms. The number of anilines is 2. The number of aryl methyl sites for hydroxylation is 1. The Hall–Kier alpha value is -8.85. The molecule has 1 aliphatic carbocycles. The van der Waals surface area contributed by atoms with E-state index in [1.54, 1.807) is 56.8 Å². The summed E-state index contributed by atoms with van der Waals surface area (Å²) in [5, 5.41) is 44.0. The van der Waals surface area contributed by atoms with E-state index < -0.39 is 83.9 Å². The topological polar surface area (TPSA) is 450 Å². The molecule has 4 aliphatic rings. The minimum atomic E-state index is -2.46. The third kappa shape index (κ3) is 29.1. The summed E-state index contributed by atoms with van der Waals surface area (Å²) in [6.07, 6.45) is 17.8. The molecule has 1 saturated carbocycles. The number of Topliss-reactive ketones (excluding diaryl/α,β-unsaturated/α-hetero) is 2. The van der Waals surface area contributed by atoms with Crippen LogP contribution < -0.4 is 22.1 Å². The number of nitrogens with one attached hydrogen (secondary N) is 2. The van der Waals surface area contributed by atoms with Crippen LogP contribution in [0.25, 0.3) is 33.4 Å². The van der Waals surface area contributed by atoms with E-state index in [9.17, 15) is 43.8 Å². The van der Waals surface area contributed by atoms with Crippen molar-refractivity contribution in [1.82, 2.24) is 55.3 Å². The number of cyclic esters (lactones) is 1. The Bertz CT molecular complexity index is 4360. The average molecular weight is 1740 g/mol. The van der Waals surface area contributed by atoms with Crippen LogP contribution in [0.3, 0.4) is 0 Å². The number of hydrogen-bond donors (Lipinski definition) is 6. The molecular formula is C89H133N13O22. The first-order valence-electron chi connectivity index (χ1n) is 43.8. The molecule has 3 fully saturated rings. The van der Waals surface area contributed by atoms with E-state index in [0.29, 0.717) is 188 Å². The van der Waals surface area contributed by atoms with Crippen LogP contribution in [0.5, 0.6) is 0 Å². The van der Waals surface area contributed by atoms with Crippen LogP contribution in [0, 0.1) is 35.5 Å². The van der Waals surface area contributed by atoms with Crippen molar-refractivity contribution in [3.63, 3.8) is 0 Å². The minimum absolute atomic E-state index is 0.00750. The standard InChI is InChI=1S/C89H133N13O22/c1-56-20-13-12-14-21-57(2)71(112-8)51-66-27-24-62(7)89(111,124-66)83(108)86(109)100-34-17-15-22-69(100)87(110)122-73(52-72(113-9)58(3)47-61(6)81(107)82(115-11)80(106)60(5)46-56)59(4)48-63-25-28-68(74(49-63)114-10)102-53-65(97-99-102)54-121-77(105)23-19-36-116-40-44-120-45-42-118-38-31-76(104)93-33-39-119-43-41-117-37-30-75(103)92-32-16-18-35-101-85-78(84(90)94-55-95-85)79(98-101)64-26-29-70-67(50-64)96-88(91)123-70/h12-14,20-21,26,29,47,50,53,55-56,58-60,62-63,66,68-69,71-74,81-82,107,111H,15-19,22-25,27-28,30-46,48-49,51-52,54H2,1-11H3,(H2,91,96)(H,92,103)(H,93,104)(H2,90,94,95)/b14-12+,20-13+,57-21+,61-47+/t56-,58-,59-,60-,62-,63+,66+,68+,69+,71+,72-,73+,74-,81-,82+,89-/m1/s1. The van der Waals surface area contributed by atoms with Gasteiger partial charge in [-0.15, -0.1) is 5.10 Å². The lowest BCUT2D eigenvalue weighted by Crippen LogP contribution is -2.61. The molecule has 2 bridgehead atoms. The summed E-state index contributed by atoms with van der Waals surface area (Å²) in [5.74, 6) is -7.66. The molecule has 3 amide bonds. The van der Waals surface area contributed by atoms with E-state index in [0.717, 1.165) is 24.0 Å². The largest absolute Gasteiger partial charge is 0.460 e. The van der Waals surface area contributed by atoms with Gasteiger partial charge < -0.3 is 98.5 Å². The molecule has 3 aliphatic heterocycles. The molecule has 9 rings (SSSR count). The number of methoxy groups -OCH3 is 4. The van der Waals surface area contributed by atoms with Gasteiger partial charge in [0.15, 0.2) is 17.0 Å². The number of aliphatic hydroxyl groups is 2. The number of esters is 2. The Balaban J connectivity index is 0.639. The van der Waals surface area contributed by atoms with Crippen LogP contribution in [0.1, 0.15) is 176 Å². The molecule has 686 valence electrons. The van der Waals surface area contributed by atoms with Gasteiger partial charge in [-0.25, -0.2) is 24.1 Å². The maximum Gasteiger partial charge on any atom is 0.329 e. The number of nitrogen functional groups attached to an aromatic ring is 2. The van der Waals surface area contributed by atoms with E-state index in [1.807, 2.05) is 83.2 Å². The van der Waals surface area contributed by atoms with Crippen molar-refractivity contribution >= 4 is 75.2 Å². The number of amides is 3. The summed E-state index contributed by atoms with van der Waals surface area (Å²) < 4.78 is 79.4. The number of oxazole rings is 1. The van der Waals surface area contributed by atoms with Gasteiger partial charge in [-0.2, -0.15) is 10.1 Å². The molecule has 8 N–H and O–H groups in total. The minimum Gasteiger partial charge on any atom is -0.460 e. The van der Waals surface area contributed by atoms with Crippen LogP contribution in [0.2, 0.25) is 0 Å². The number of benzene rings is 1. The second kappa shape index (κ2) is 50.5. The zero-order valence-corrected chi connectivity index (χ0v) is 74.1. The van der Waals surface area contributed by atoms with Gasteiger partial charge in [-0.1, -0.05) is 76.3 Å². The maximum absolute atomic E-state index is 15.0. The predicted octanol–water partition coefficient (Wildman–Crippen LogP) is 8.61. The second-order valence-corrected chi connectivity index (χ2v) is 33.2. The number of piperidine rings is 1. The number of carbonyl (C=O) groups is 7. The van der Waals surface area contributed by atoms with Gasteiger partial charge in [0, 0.05) is 117 Å². The van der Waals surface area contributed by atoms with Gasteiger partial charge in [-0.05, 0) is 144 Å². The molecule has 0 spiro atoms. The summed E-state index contributed by atoms with van der Waals surface area (Å²) in [4.78, 5) is 110. The number of hydrogen-bond acceptors (Lipinski definition) is 30. The van der Waals surface area contributed by atoms with E-state index in [-0.39, 0.29) is 118 Å². The Morgan fingerprint density at radius 1 is 0.734 bits per heavy atom. The Kier molecular flexibility index (Phi) is 40.3. The average Bonchev–Trinajstić information content (AvgIpc) is 1.42. The number of allylic oxidation sites excluding steroid dienone is 5. The first-order valence-corrected chi connectivity index (χ1v) is 43.8. The number of fused-ring (bicyclic) bond motifs is 5. The lowest BCUT2D eigenvalue weighted by atomic mass is 9.77. The van der Waals surface area contributed by atoms with Crippen molar-refractivity contribution in [2.24, 2.45) is 35.5 Å². The fourth-order valence-electron chi connectivity index (χ4n) is 16.7. The van der Waals surface area contributed by atoms with E-state index in [4.69, 9.17) is 77.8 Å². The molecule has 1 aromatic carbocycles. The maximum atomic E-state index is 15.0. The van der Waals surface area contributed by atoms with Crippen LogP contribution in [0.15, 0.2) is 82.7 Å². The number of nitrogens with zero attached hydrogens (tertiary/aromatic N) is 9. The summed E-state index contributed by atoms with van der Waals surface area (Å²) in [5.41, 5.74) is 17.0. The zero-order chi connectivity index (χ0) is 89.2. The number of carbonyl (C=O) groups excluding carboxylic acids is 7. The van der Waals surface area contributed by atoms with E-state index >= 15 is 0 Å². The summed E-state index contributed by atoms with van der Waals surface area (Å²) in [7, 11) is 6.23. The van der Waals surface area contributed by atoms with Gasteiger partial charge in [0.2, 0.25) is 17.6 Å². The van der Waals surface area contributed by atoms with Gasteiger partial charge in [-0.3, -0.25) is 28.8 Å². The number of rotatable bonds is 38. The molecule has 35 nitrogen and oxygen atoms in total. The Morgan fingerprint density at radius 3 is 2.16 bits per heavy atom. The zero-order valence-electron chi connectivity index (χ0n) is 74.1. The first-order chi connectivity index (χ1) is 59.7. The molecular weight excluding hydrogens is 1600 g/mol. The number of aromatic nitrogens is 8. The van der Waals surface area contributed by atoms with Gasteiger partial charge in [0.25, 0.3) is 17.7 Å². The number of aliphatic hydroxyl groups excluding tert-OH is 1. The smallest absolute Gasteiger partial charge is 0.329 e. The molecule has 0 unspecified atom stereocenters. The molecule has 16 atom stereocenters. The highest BCUT2D eigenvalue weighted by molar-refractivity contribution is 6.39. The Labute approximate surface area is 726 Å². The van der Waals surface area contributed by atoms with Crippen LogP contribution in [-0.4, -0.2) is 265 Å². The fourth-order valence-corrected chi connectivity index (χ4v) is 16.7. The van der Waals surface area contributed by atoms with Gasteiger partial charge in [0.1, 0.15) is 60.0 Å². The highest BCUT2D eigenvalue weighted by Gasteiger charge is 2.53. The molecule has 2 saturated heterocycles. The predicted molar refractivity (Wildman–Crippen MR) is 459 cm³/mol. The molecule has 4 aromatic heterocycles. The van der Waals surface area contributed by atoms with Gasteiger partial charge in [0.05, 0.1) is 102 Å². The van der Waals surface area contributed by atoms with Crippen molar-refractivity contribution in [3.05, 3.63) is 84.0 Å². The van der Waals surface area contributed by atoms with Crippen molar-refractivity contribution < 1.29 is 105 Å². The summed E-state index contributed by atoms with van der Waals surface area (Å²) >= 11 is 0. The van der Waals surface area contributed by atoms with E-state index in [1.165, 1.54) is 18.3 Å². The summed E-state index contributed by atoms with van der Waals surface area (Å²) in [6.45, 7) is 17.5. The molecule has 0 radical (unpaired) electrons. The summed E-state index contributed by atoms with van der Waals surface area (Å²) in [6, 6.07) is 4.21.